The fourth-order valence-corrected chi connectivity index (χ4v) is 2.01. The Balaban J connectivity index is 2.07. The molecule has 0 aliphatic carbocycles. The van der Waals surface area contributed by atoms with Crippen LogP contribution in [0.5, 0.6) is 5.88 Å². The zero-order valence-electron chi connectivity index (χ0n) is 11.4. The first kappa shape index (κ1) is 12.4. The molecule has 3 rings (SSSR count). The van der Waals surface area contributed by atoms with Gasteiger partial charge in [0.2, 0.25) is 5.88 Å². The van der Waals surface area contributed by atoms with Gasteiger partial charge >= 0.3 is 0 Å². The van der Waals surface area contributed by atoms with Crippen LogP contribution in [-0.4, -0.2) is 33.2 Å². The van der Waals surface area contributed by atoms with E-state index in [0.29, 0.717) is 5.88 Å². The molecular weight excluding hydrogens is 254 g/mol. The monoisotopic (exact) mass is 269 g/mol. The van der Waals surface area contributed by atoms with Gasteiger partial charge in [0.1, 0.15) is 5.82 Å². The molecule has 3 heterocycles. The lowest BCUT2D eigenvalue weighted by atomic mass is 10.1. The summed E-state index contributed by atoms with van der Waals surface area (Å²) in [6.07, 6.45) is 5.44. The van der Waals surface area contributed by atoms with Gasteiger partial charge in [-0.25, -0.2) is 14.5 Å². The number of ether oxygens (including phenoxy) is 1. The molecule has 3 aromatic heterocycles. The van der Waals surface area contributed by atoms with Crippen LogP contribution in [0.25, 0.3) is 16.8 Å². The standard InChI is InChI=1S/C14H15N5O/c1-3-15-12-6-7-19-14(18-12)11(9-17-19)10-4-5-13(20-2)16-8-10/h4-9H,3H2,1-2H3,(H,15,18). The highest BCUT2D eigenvalue weighted by Gasteiger charge is 2.09. The molecule has 6 nitrogen and oxygen atoms in total. The van der Waals surface area contributed by atoms with Crippen molar-refractivity contribution in [2.24, 2.45) is 0 Å². The van der Waals surface area contributed by atoms with Crippen LogP contribution in [0.3, 0.4) is 0 Å². The van der Waals surface area contributed by atoms with Gasteiger partial charge in [0.15, 0.2) is 5.65 Å². The van der Waals surface area contributed by atoms with Crippen LogP contribution in [0.4, 0.5) is 5.82 Å². The summed E-state index contributed by atoms with van der Waals surface area (Å²) in [7, 11) is 1.60. The zero-order valence-corrected chi connectivity index (χ0v) is 11.4. The lowest BCUT2D eigenvalue weighted by Gasteiger charge is -2.04. The maximum absolute atomic E-state index is 5.07. The van der Waals surface area contributed by atoms with Crippen molar-refractivity contribution in [3.05, 3.63) is 36.8 Å². The molecule has 0 radical (unpaired) electrons. The molecule has 0 bridgehead atoms. The normalized spacial score (nSPS) is 10.7. The van der Waals surface area contributed by atoms with Crippen LogP contribution in [0.15, 0.2) is 36.8 Å². The molecule has 0 spiro atoms. The maximum atomic E-state index is 5.07. The van der Waals surface area contributed by atoms with Crippen LogP contribution >= 0.6 is 0 Å². The average Bonchev–Trinajstić information content (AvgIpc) is 2.91. The van der Waals surface area contributed by atoms with E-state index >= 15 is 0 Å². The Kier molecular flexibility index (Phi) is 3.20. The first-order valence-corrected chi connectivity index (χ1v) is 6.40. The number of fused-ring (bicyclic) bond motifs is 1. The number of hydrogen-bond acceptors (Lipinski definition) is 5. The summed E-state index contributed by atoms with van der Waals surface area (Å²) in [6.45, 7) is 2.87. The summed E-state index contributed by atoms with van der Waals surface area (Å²) < 4.78 is 6.82. The number of anilines is 1. The summed E-state index contributed by atoms with van der Waals surface area (Å²) in [5.41, 5.74) is 2.71. The van der Waals surface area contributed by atoms with Crippen molar-refractivity contribution in [3.8, 4) is 17.0 Å². The van der Waals surface area contributed by atoms with E-state index in [1.54, 1.807) is 24.0 Å². The smallest absolute Gasteiger partial charge is 0.212 e. The van der Waals surface area contributed by atoms with E-state index in [1.807, 2.05) is 31.3 Å². The van der Waals surface area contributed by atoms with Crippen molar-refractivity contribution in [3.63, 3.8) is 0 Å². The summed E-state index contributed by atoms with van der Waals surface area (Å²) in [6, 6.07) is 5.68. The molecule has 1 N–H and O–H groups in total. The molecule has 0 amide bonds. The molecule has 102 valence electrons. The van der Waals surface area contributed by atoms with Gasteiger partial charge in [-0.1, -0.05) is 0 Å². The van der Waals surface area contributed by atoms with Gasteiger partial charge in [-0.3, -0.25) is 0 Å². The van der Waals surface area contributed by atoms with Crippen LogP contribution < -0.4 is 10.1 Å². The van der Waals surface area contributed by atoms with E-state index in [0.717, 1.165) is 29.1 Å². The zero-order chi connectivity index (χ0) is 13.9. The van der Waals surface area contributed by atoms with Crippen molar-refractivity contribution in [2.45, 2.75) is 6.92 Å². The Morgan fingerprint density at radius 1 is 1.25 bits per heavy atom. The third-order valence-corrected chi connectivity index (χ3v) is 2.98. The van der Waals surface area contributed by atoms with Crippen molar-refractivity contribution >= 4 is 11.5 Å². The highest BCUT2D eigenvalue weighted by molar-refractivity contribution is 5.77. The van der Waals surface area contributed by atoms with Gasteiger partial charge in [0.05, 0.1) is 13.3 Å². The predicted molar refractivity (Wildman–Crippen MR) is 76.9 cm³/mol. The van der Waals surface area contributed by atoms with Crippen molar-refractivity contribution in [1.29, 1.82) is 0 Å². The van der Waals surface area contributed by atoms with Crippen molar-refractivity contribution < 1.29 is 4.74 Å². The van der Waals surface area contributed by atoms with Gasteiger partial charge in [0.25, 0.3) is 0 Å². The average molecular weight is 269 g/mol. The minimum Gasteiger partial charge on any atom is -0.481 e. The third-order valence-electron chi connectivity index (χ3n) is 2.98. The summed E-state index contributed by atoms with van der Waals surface area (Å²) in [4.78, 5) is 8.79. The first-order valence-electron chi connectivity index (χ1n) is 6.40. The van der Waals surface area contributed by atoms with Crippen LogP contribution in [0.1, 0.15) is 6.92 Å². The Hall–Kier alpha value is -2.63. The second kappa shape index (κ2) is 5.16. The SMILES string of the molecule is CCNc1ccn2ncc(-c3ccc(OC)nc3)c2n1. The summed E-state index contributed by atoms with van der Waals surface area (Å²) in [5, 5.41) is 7.50. The van der Waals surface area contributed by atoms with Gasteiger partial charge in [-0.15, -0.1) is 0 Å². The molecule has 3 aromatic rings. The predicted octanol–water partition coefficient (Wildman–Crippen LogP) is 2.23. The van der Waals surface area contributed by atoms with E-state index < -0.39 is 0 Å². The molecule has 0 atom stereocenters. The molecule has 0 aliphatic rings. The second-order valence-electron chi connectivity index (χ2n) is 4.26. The second-order valence-corrected chi connectivity index (χ2v) is 4.26. The quantitative estimate of drug-likeness (QED) is 0.787. The molecule has 0 aromatic carbocycles. The first-order chi connectivity index (χ1) is 9.81. The highest BCUT2D eigenvalue weighted by atomic mass is 16.5. The fraction of sp³-hybridized carbons (Fsp3) is 0.214. The van der Waals surface area contributed by atoms with E-state index in [-0.39, 0.29) is 0 Å². The minimum absolute atomic E-state index is 0.589. The molecule has 6 heteroatoms. The fourth-order valence-electron chi connectivity index (χ4n) is 2.01. The van der Waals surface area contributed by atoms with Gasteiger partial charge < -0.3 is 10.1 Å². The minimum atomic E-state index is 0.589. The summed E-state index contributed by atoms with van der Waals surface area (Å²) >= 11 is 0. The Bertz CT molecular complexity index is 720. The number of rotatable bonds is 4. The number of pyridine rings is 1. The number of aromatic nitrogens is 4. The lowest BCUT2D eigenvalue weighted by molar-refractivity contribution is 0.398. The molecule has 20 heavy (non-hydrogen) atoms. The molecule has 0 fully saturated rings. The van der Waals surface area contributed by atoms with Crippen molar-refractivity contribution in [2.75, 3.05) is 19.0 Å². The largest absolute Gasteiger partial charge is 0.481 e. The Morgan fingerprint density at radius 3 is 2.85 bits per heavy atom. The van der Waals surface area contributed by atoms with Crippen molar-refractivity contribution in [1.82, 2.24) is 19.6 Å². The Morgan fingerprint density at radius 2 is 2.15 bits per heavy atom. The maximum Gasteiger partial charge on any atom is 0.212 e. The number of nitrogens with zero attached hydrogens (tertiary/aromatic N) is 4. The van der Waals surface area contributed by atoms with E-state index in [1.165, 1.54) is 0 Å². The topological polar surface area (TPSA) is 64.3 Å². The Labute approximate surface area is 116 Å². The number of methoxy groups -OCH3 is 1. The molecular formula is C14H15N5O. The van der Waals surface area contributed by atoms with Gasteiger partial charge in [-0.2, -0.15) is 5.10 Å². The van der Waals surface area contributed by atoms with Gasteiger partial charge in [0, 0.05) is 36.1 Å². The number of hydrogen-bond donors (Lipinski definition) is 1. The summed E-state index contributed by atoms with van der Waals surface area (Å²) in [5.74, 6) is 1.43. The van der Waals surface area contributed by atoms with Crippen LogP contribution in [-0.2, 0) is 0 Å². The highest BCUT2D eigenvalue weighted by Crippen LogP contribution is 2.24. The van der Waals surface area contributed by atoms with Gasteiger partial charge in [-0.05, 0) is 19.1 Å². The van der Waals surface area contributed by atoms with E-state index in [2.05, 4.69) is 20.4 Å². The lowest BCUT2D eigenvalue weighted by Crippen LogP contribution is -2.01. The van der Waals surface area contributed by atoms with Crippen LogP contribution in [0, 0.1) is 0 Å². The molecule has 0 aliphatic heterocycles. The third kappa shape index (κ3) is 2.16. The van der Waals surface area contributed by atoms with Crippen LogP contribution in [0.2, 0.25) is 0 Å². The number of nitrogens with one attached hydrogen (secondary N) is 1. The van der Waals surface area contributed by atoms with E-state index in [9.17, 15) is 0 Å². The molecule has 0 saturated heterocycles. The molecule has 0 saturated carbocycles. The van der Waals surface area contributed by atoms with E-state index in [4.69, 9.17) is 4.74 Å². The molecule has 0 unspecified atom stereocenters.